The highest BCUT2D eigenvalue weighted by atomic mass is 32.2. The monoisotopic (exact) mass is 201 g/mol. The van der Waals surface area contributed by atoms with E-state index in [0.29, 0.717) is 5.25 Å². The summed E-state index contributed by atoms with van der Waals surface area (Å²) in [6, 6.07) is 2.17. The van der Waals surface area contributed by atoms with Crippen molar-refractivity contribution in [3.8, 4) is 0 Å². The van der Waals surface area contributed by atoms with Crippen molar-refractivity contribution in [1.29, 1.82) is 0 Å². The molecule has 0 radical (unpaired) electrons. The van der Waals surface area contributed by atoms with Gasteiger partial charge in [-0.2, -0.15) is 23.1 Å². The molecule has 68 valence electrons. The summed E-state index contributed by atoms with van der Waals surface area (Å²) in [7, 11) is 0. The van der Waals surface area contributed by atoms with Gasteiger partial charge in [0, 0.05) is 11.8 Å². The van der Waals surface area contributed by atoms with E-state index in [9.17, 15) is 0 Å². The van der Waals surface area contributed by atoms with Gasteiger partial charge in [0.15, 0.2) is 0 Å². The van der Waals surface area contributed by atoms with Crippen LogP contribution in [0, 0.1) is 0 Å². The van der Waals surface area contributed by atoms with E-state index in [1.54, 1.807) is 11.3 Å². The second kappa shape index (κ2) is 5.62. The highest BCUT2D eigenvalue weighted by Crippen LogP contribution is 2.29. The molecule has 0 fully saturated rings. The van der Waals surface area contributed by atoms with Crippen LogP contribution >= 0.6 is 23.1 Å². The van der Waals surface area contributed by atoms with Crippen molar-refractivity contribution >= 4 is 23.1 Å². The van der Waals surface area contributed by atoms with Crippen molar-refractivity contribution in [3.05, 3.63) is 22.4 Å². The molecule has 0 saturated heterocycles. The molecular formula is C9H15NS2. The van der Waals surface area contributed by atoms with Gasteiger partial charge in [-0.15, -0.1) is 0 Å². The van der Waals surface area contributed by atoms with Gasteiger partial charge in [-0.25, -0.2) is 0 Å². The maximum absolute atomic E-state index is 5.69. The predicted octanol–water partition coefficient (Wildman–Crippen LogP) is 2.89. The molecule has 0 aromatic carbocycles. The fourth-order valence-corrected chi connectivity index (χ4v) is 2.81. The van der Waals surface area contributed by atoms with Crippen LogP contribution in [0.25, 0.3) is 0 Å². The van der Waals surface area contributed by atoms with Crippen molar-refractivity contribution < 1.29 is 0 Å². The first-order chi connectivity index (χ1) is 5.88. The van der Waals surface area contributed by atoms with Crippen LogP contribution in [-0.2, 0) is 0 Å². The zero-order valence-corrected chi connectivity index (χ0v) is 8.96. The lowest BCUT2D eigenvalue weighted by molar-refractivity contribution is 0.941. The summed E-state index contributed by atoms with van der Waals surface area (Å²) < 4.78 is 0. The van der Waals surface area contributed by atoms with E-state index in [-0.39, 0.29) is 0 Å². The zero-order chi connectivity index (χ0) is 8.81. The minimum Gasteiger partial charge on any atom is -0.329 e. The molecule has 0 aliphatic heterocycles. The van der Waals surface area contributed by atoms with Gasteiger partial charge in [-0.1, -0.05) is 6.92 Å². The Morgan fingerprint density at radius 2 is 2.50 bits per heavy atom. The highest BCUT2D eigenvalue weighted by molar-refractivity contribution is 7.99. The number of nitrogens with two attached hydrogens (primary N) is 1. The largest absolute Gasteiger partial charge is 0.329 e. The molecule has 0 spiro atoms. The zero-order valence-electron chi connectivity index (χ0n) is 7.32. The second-order valence-corrected chi connectivity index (χ2v) is 4.74. The predicted molar refractivity (Wildman–Crippen MR) is 58.9 cm³/mol. The number of hydrogen-bond donors (Lipinski definition) is 1. The van der Waals surface area contributed by atoms with Gasteiger partial charge in [-0.05, 0) is 34.6 Å². The Morgan fingerprint density at radius 3 is 3.00 bits per heavy atom. The second-order valence-electron chi connectivity index (χ2n) is 2.65. The van der Waals surface area contributed by atoms with Gasteiger partial charge >= 0.3 is 0 Å². The third-order valence-electron chi connectivity index (χ3n) is 1.65. The van der Waals surface area contributed by atoms with E-state index in [1.807, 2.05) is 11.8 Å². The normalized spacial score (nSPS) is 13.2. The molecule has 0 aliphatic carbocycles. The van der Waals surface area contributed by atoms with Crippen LogP contribution in [0.4, 0.5) is 0 Å². The molecule has 3 heteroatoms. The minimum atomic E-state index is 0.510. The fraction of sp³-hybridized carbons (Fsp3) is 0.556. The Bertz CT molecular complexity index is 196. The van der Waals surface area contributed by atoms with Crippen LogP contribution in [0.3, 0.4) is 0 Å². The molecule has 0 amide bonds. The summed E-state index contributed by atoms with van der Waals surface area (Å²) in [6.07, 6.45) is 1.23. The van der Waals surface area contributed by atoms with E-state index in [4.69, 9.17) is 5.73 Å². The van der Waals surface area contributed by atoms with Gasteiger partial charge in [0.05, 0.1) is 0 Å². The molecular weight excluding hydrogens is 186 g/mol. The minimum absolute atomic E-state index is 0.510. The quantitative estimate of drug-likeness (QED) is 0.792. The lowest BCUT2D eigenvalue weighted by atomic mass is 10.2. The molecule has 0 saturated carbocycles. The summed E-state index contributed by atoms with van der Waals surface area (Å²) in [5.74, 6) is 1.21. The van der Waals surface area contributed by atoms with Crippen LogP contribution in [0.1, 0.15) is 24.2 Å². The Kier molecular flexibility index (Phi) is 4.73. The van der Waals surface area contributed by atoms with Crippen LogP contribution in [0.5, 0.6) is 0 Å². The molecule has 0 bridgehead atoms. The SMILES string of the molecule is CCCSC(CN)c1ccsc1. The Labute approximate surface area is 82.4 Å². The van der Waals surface area contributed by atoms with Crippen molar-refractivity contribution in [2.75, 3.05) is 12.3 Å². The van der Waals surface area contributed by atoms with Crippen molar-refractivity contribution in [1.82, 2.24) is 0 Å². The van der Waals surface area contributed by atoms with Crippen molar-refractivity contribution in [3.63, 3.8) is 0 Å². The van der Waals surface area contributed by atoms with Crippen molar-refractivity contribution in [2.45, 2.75) is 18.6 Å². The molecule has 1 aromatic rings. The molecule has 2 N–H and O–H groups in total. The Morgan fingerprint density at radius 1 is 1.67 bits per heavy atom. The van der Waals surface area contributed by atoms with Crippen LogP contribution < -0.4 is 5.73 Å². The standard InChI is InChI=1S/C9H15NS2/c1-2-4-12-9(6-10)8-3-5-11-7-8/h3,5,7,9H,2,4,6,10H2,1H3. The molecule has 1 unspecified atom stereocenters. The number of rotatable bonds is 5. The molecule has 0 aliphatic rings. The Hall–Kier alpha value is 0.01000. The Balaban J connectivity index is 2.45. The lowest BCUT2D eigenvalue weighted by Crippen LogP contribution is -2.08. The average Bonchev–Trinajstić information content (AvgIpc) is 2.59. The number of hydrogen-bond acceptors (Lipinski definition) is 3. The first-order valence-corrected chi connectivity index (χ1v) is 6.21. The van der Waals surface area contributed by atoms with E-state index < -0.39 is 0 Å². The summed E-state index contributed by atoms with van der Waals surface area (Å²) in [5.41, 5.74) is 7.08. The first-order valence-electron chi connectivity index (χ1n) is 4.22. The third kappa shape index (κ3) is 2.81. The maximum Gasteiger partial charge on any atom is 0.0427 e. The number of thiophene rings is 1. The summed E-state index contributed by atoms with van der Waals surface area (Å²) in [5, 5.41) is 4.82. The van der Waals surface area contributed by atoms with E-state index in [2.05, 4.69) is 23.8 Å². The molecule has 1 rings (SSSR count). The van der Waals surface area contributed by atoms with Crippen molar-refractivity contribution in [2.24, 2.45) is 5.73 Å². The molecule has 1 nitrogen and oxygen atoms in total. The molecule has 1 atom stereocenters. The van der Waals surface area contributed by atoms with Gasteiger partial charge in [0.25, 0.3) is 0 Å². The average molecular weight is 201 g/mol. The van der Waals surface area contributed by atoms with Gasteiger partial charge in [-0.3, -0.25) is 0 Å². The first kappa shape index (κ1) is 10.1. The summed E-state index contributed by atoms with van der Waals surface area (Å²) in [4.78, 5) is 0. The number of thioether (sulfide) groups is 1. The van der Waals surface area contributed by atoms with Gasteiger partial charge < -0.3 is 5.73 Å². The van der Waals surface area contributed by atoms with Crippen LogP contribution in [-0.4, -0.2) is 12.3 Å². The summed E-state index contributed by atoms with van der Waals surface area (Å²) >= 11 is 3.71. The highest BCUT2D eigenvalue weighted by Gasteiger charge is 2.08. The summed E-state index contributed by atoms with van der Waals surface area (Å²) in [6.45, 7) is 2.95. The van der Waals surface area contributed by atoms with E-state index >= 15 is 0 Å². The van der Waals surface area contributed by atoms with Crippen LogP contribution in [0.2, 0.25) is 0 Å². The molecule has 1 aromatic heterocycles. The lowest BCUT2D eigenvalue weighted by Gasteiger charge is -2.11. The molecule has 12 heavy (non-hydrogen) atoms. The molecule has 1 heterocycles. The maximum atomic E-state index is 5.69. The van der Waals surface area contributed by atoms with E-state index in [0.717, 1.165) is 6.54 Å². The fourth-order valence-electron chi connectivity index (χ4n) is 1.02. The van der Waals surface area contributed by atoms with E-state index in [1.165, 1.54) is 17.7 Å². The smallest absolute Gasteiger partial charge is 0.0427 e. The van der Waals surface area contributed by atoms with Gasteiger partial charge in [0.1, 0.15) is 0 Å². The van der Waals surface area contributed by atoms with Gasteiger partial charge in [0.2, 0.25) is 0 Å². The third-order valence-corrected chi connectivity index (χ3v) is 3.86. The topological polar surface area (TPSA) is 26.0 Å². The van der Waals surface area contributed by atoms with Crippen LogP contribution in [0.15, 0.2) is 16.8 Å².